The predicted molar refractivity (Wildman–Crippen MR) is 99.6 cm³/mol. The number of hydrogen-bond acceptors (Lipinski definition) is 6. The van der Waals surface area contributed by atoms with Gasteiger partial charge in [-0.3, -0.25) is 4.79 Å². The second kappa shape index (κ2) is 7.58. The van der Waals surface area contributed by atoms with Crippen LogP contribution in [0.2, 0.25) is 5.02 Å². The Kier molecular flexibility index (Phi) is 5.44. The van der Waals surface area contributed by atoms with E-state index in [0.29, 0.717) is 29.8 Å². The monoisotopic (exact) mass is 380 g/mol. The molecule has 0 fully saturated rings. The average molecular weight is 381 g/mol. The lowest BCUT2D eigenvalue weighted by Gasteiger charge is -2.18. The maximum atomic E-state index is 12.2. The SMILES string of the molecule is CCOc1nnc(CN2CC(CC(=O)N(C)C)c3cc(Cl)ccc32)s1. The molecule has 0 saturated heterocycles. The number of benzene rings is 1. The van der Waals surface area contributed by atoms with E-state index in [1.54, 1.807) is 19.0 Å². The van der Waals surface area contributed by atoms with Crippen molar-refractivity contribution in [2.75, 3.05) is 32.1 Å². The number of ether oxygens (including phenoxy) is 1. The average Bonchev–Trinajstić information content (AvgIpc) is 3.13. The summed E-state index contributed by atoms with van der Waals surface area (Å²) in [6, 6.07) is 5.87. The minimum absolute atomic E-state index is 0.118. The highest BCUT2D eigenvalue weighted by atomic mass is 35.5. The highest BCUT2D eigenvalue weighted by Crippen LogP contribution is 2.40. The smallest absolute Gasteiger partial charge is 0.294 e. The number of carbonyl (C=O) groups is 1. The topological polar surface area (TPSA) is 58.6 Å². The third-order valence-electron chi connectivity index (χ3n) is 4.17. The molecule has 1 aromatic carbocycles. The number of carbonyl (C=O) groups excluding carboxylic acids is 1. The highest BCUT2D eigenvalue weighted by Gasteiger charge is 2.31. The first-order valence-electron chi connectivity index (χ1n) is 8.17. The maximum Gasteiger partial charge on any atom is 0.294 e. The third-order valence-corrected chi connectivity index (χ3v) is 5.23. The molecule has 1 aliphatic heterocycles. The molecule has 0 radical (unpaired) electrons. The summed E-state index contributed by atoms with van der Waals surface area (Å²) in [4.78, 5) is 16.0. The Morgan fingerprint density at radius 1 is 1.44 bits per heavy atom. The number of halogens is 1. The fraction of sp³-hybridized carbons (Fsp3) is 0.471. The minimum Gasteiger partial charge on any atom is -0.469 e. The molecule has 134 valence electrons. The highest BCUT2D eigenvalue weighted by molar-refractivity contribution is 7.13. The second-order valence-corrected chi connectivity index (χ2v) is 7.63. The lowest BCUT2D eigenvalue weighted by Crippen LogP contribution is -2.26. The zero-order valence-corrected chi connectivity index (χ0v) is 16.1. The van der Waals surface area contributed by atoms with Gasteiger partial charge in [-0.2, -0.15) is 0 Å². The van der Waals surface area contributed by atoms with Gasteiger partial charge in [-0.1, -0.05) is 28.0 Å². The van der Waals surface area contributed by atoms with Crippen molar-refractivity contribution in [3.8, 4) is 5.19 Å². The summed E-state index contributed by atoms with van der Waals surface area (Å²) in [7, 11) is 3.56. The molecule has 1 aliphatic rings. The molecule has 25 heavy (non-hydrogen) atoms. The molecular weight excluding hydrogens is 360 g/mol. The van der Waals surface area contributed by atoms with Crippen molar-refractivity contribution in [2.24, 2.45) is 0 Å². The summed E-state index contributed by atoms with van der Waals surface area (Å²) in [5, 5.41) is 10.4. The van der Waals surface area contributed by atoms with Crippen LogP contribution in [-0.4, -0.2) is 48.3 Å². The minimum atomic E-state index is 0.118. The fourth-order valence-corrected chi connectivity index (χ4v) is 3.91. The van der Waals surface area contributed by atoms with E-state index >= 15 is 0 Å². The summed E-state index contributed by atoms with van der Waals surface area (Å²) >= 11 is 7.64. The maximum absolute atomic E-state index is 12.2. The van der Waals surface area contributed by atoms with Crippen molar-refractivity contribution < 1.29 is 9.53 Å². The van der Waals surface area contributed by atoms with E-state index in [-0.39, 0.29) is 11.8 Å². The molecule has 2 aromatic rings. The van der Waals surface area contributed by atoms with Gasteiger partial charge in [-0.05, 0) is 30.7 Å². The van der Waals surface area contributed by atoms with E-state index in [1.807, 2.05) is 25.1 Å². The molecular formula is C17H21ClN4O2S. The lowest BCUT2D eigenvalue weighted by atomic mass is 9.97. The van der Waals surface area contributed by atoms with Gasteiger partial charge in [0.05, 0.1) is 13.2 Å². The number of fused-ring (bicyclic) bond motifs is 1. The van der Waals surface area contributed by atoms with Crippen molar-refractivity contribution in [2.45, 2.75) is 25.8 Å². The van der Waals surface area contributed by atoms with Crippen LogP contribution < -0.4 is 9.64 Å². The third kappa shape index (κ3) is 4.04. The quantitative estimate of drug-likeness (QED) is 0.770. The van der Waals surface area contributed by atoms with Gasteiger partial charge < -0.3 is 14.5 Å². The number of nitrogens with zero attached hydrogens (tertiary/aromatic N) is 4. The van der Waals surface area contributed by atoms with Crippen LogP contribution in [0.1, 0.15) is 29.8 Å². The van der Waals surface area contributed by atoms with Gasteiger partial charge in [0.1, 0.15) is 5.01 Å². The molecule has 0 saturated carbocycles. The van der Waals surface area contributed by atoms with Gasteiger partial charge >= 0.3 is 0 Å². The van der Waals surface area contributed by atoms with Crippen molar-refractivity contribution in [3.63, 3.8) is 0 Å². The normalized spacial score (nSPS) is 16.0. The van der Waals surface area contributed by atoms with Crippen molar-refractivity contribution in [1.29, 1.82) is 0 Å². The first-order chi connectivity index (χ1) is 12.0. The largest absolute Gasteiger partial charge is 0.469 e. The van der Waals surface area contributed by atoms with Gasteiger partial charge in [0, 0.05) is 43.7 Å². The van der Waals surface area contributed by atoms with Crippen LogP contribution in [0.3, 0.4) is 0 Å². The molecule has 1 unspecified atom stereocenters. The standard InChI is InChI=1S/C17H21ClN4O2S/c1-4-24-17-20-19-15(25-17)10-22-9-11(7-16(23)21(2)3)13-8-12(18)5-6-14(13)22/h5-6,8,11H,4,7,9-10H2,1-3H3. The Morgan fingerprint density at radius 3 is 2.96 bits per heavy atom. The summed E-state index contributed by atoms with van der Waals surface area (Å²) in [6.07, 6.45) is 0.469. The van der Waals surface area contributed by atoms with Gasteiger partial charge in [0.2, 0.25) is 5.91 Å². The summed E-state index contributed by atoms with van der Waals surface area (Å²) in [6.45, 7) is 3.91. The first-order valence-corrected chi connectivity index (χ1v) is 9.37. The van der Waals surface area contributed by atoms with Crippen molar-refractivity contribution >= 4 is 34.5 Å². The molecule has 6 nitrogen and oxygen atoms in total. The Labute approximate surface area is 156 Å². The Balaban J connectivity index is 1.80. The summed E-state index contributed by atoms with van der Waals surface area (Å²) in [5.41, 5.74) is 2.23. The Bertz CT molecular complexity index is 765. The number of amides is 1. The molecule has 3 rings (SSSR count). The van der Waals surface area contributed by atoms with Crippen LogP contribution in [0.25, 0.3) is 0 Å². The van der Waals surface area contributed by atoms with E-state index in [2.05, 4.69) is 15.1 Å². The predicted octanol–water partition coefficient (Wildman–Crippen LogP) is 3.17. The second-order valence-electron chi connectivity index (χ2n) is 6.17. The zero-order chi connectivity index (χ0) is 18.0. The van der Waals surface area contributed by atoms with Crippen molar-refractivity contribution in [1.82, 2.24) is 15.1 Å². The molecule has 0 bridgehead atoms. The molecule has 0 N–H and O–H groups in total. The number of hydrogen-bond donors (Lipinski definition) is 0. The Morgan fingerprint density at radius 2 is 2.24 bits per heavy atom. The fourth-order valence-electron chi connectivity index (χ4n) is 2.97. The van der Waals surface area contributed by atoms with Gasteiger partial charge in [0.25, 0.3) is 5.19 Å². The van der Waals surface area contributed by atoms with E-state index < -0.39 is 0 Å². The molecule has 1 amide bonds. The van der Waals surface area contributed by atoms with Crippen molar-refractivity contribution in [3.05, 3.63) is 33.8 Å². The summed E-state index contributed by atoms with van der Waals surface area (Å²) < 4.78 is 5.40. The zero-order valence-electron chi connectivity index (χ0n) is 14.5. The van der Waals surface area contributed by atoms with Gasteiger partial charge in [0.15, 0.2) is 0 Å². The van der Waals surface area contributed by atoms with E-state index in [1.165, 1.54) is 11.3 Å². The van der Waals surface area contributed by atoms with Gasteiger partial charge in [-0.15, -0.1) is 5.10 Å². The van der Waals surface area contributed by atoms with Crippen LogP contribution in [-0.2, 0) is 11.3 Å². The number of anilines is 1. The Hall–Kier alpha value is -1.86. The molecule has 2 heterocycles. The van der Waals surface area contributed by atoms with Crippen LogP contribution in [0.5, 0.6) is 5.19 Å². The van der Waals surface area contributed by atoms with E-state index in [9.17, 15) is 4.79 Å². The number of rotatable bonds is 6. The lowest BCUT2D eigenvalue weighted by molar-refractivity contribution is -0.129. The molecule has 0 aliphatic carbocycles. The summed E-state index contributed by atoms with van der Waals surface area (Å²) in [5.74, 6) is 0.246. The van der Waals surface area contributed by atoms with Crippen LogP contribution in [0, 0.1) is 0 Å². The van der Waals surface area contributed by atoms with Gasteiger partial charge in [-0.25, -0.2) is 0 Å². The molecule has 1 atom stereocenters. The van der Waals surface area contributed by atoms with Crippen LogP contribution >= 0.6 is 22.9 Å². The molecule has 1 aromatic heterocycles. The molecule has 0 spiro atoms. The van der Waals surface area contributed by atoms with Crippen LogP contribution in [0.4, 0.5) is 5.69 Å². The van der Waals surface area contributed by atoms with Crippen LogP contribution in [0.15, 0.2) is 18.2 Å². The van der Waals surface area contributed by atoms with E-state index in [0.717, 1.165) is 22.8 Å². The van der Waals surface area contributed by atoms with E-state index in [4.69, 9.17) is 16.3 Å². The molecule has 8 heteroatoms. The first kappa shape index (κ1) is 17.9. The number of aromatic nitrogens is 2.